The Bertz CT molecular complexity index is 1710. The van der Waals surface area contributed by atoms with Crippen LogP contribution in [0.1, 0.15) is 45.6 Å². The van der Waals surface area contributed by atoms with Crippen LogP contribution in [0.5, 0.6) is 0 Å². The van der Waals surface area contributed by atoms with Gasteiger partial charge in [-0.2, -0.15) is 0 Å². The van der Waals surface area contributed by atoms with Gasteiger partial charge >= 0.3 is 0 Å². The zero-order valence-corrected chi connectivity index (χ0v) is 28.3. The third-order valence-corrected chi connectivity index (χ3v) is 10.9. The Hall–Kier alpha value is -4.27. The Morgan fingerprint density at radius 2 is 1.67 bits per heavy atom. The second-order valence-electron chi connectivity index (χ2n) is 13.8. The van der Waals surface area contributed by atoms with E-state index in [-0.39, 0.29) is 36.8 Å². The number of aliphatic hydroxyl groups excluding tert-OH is 1. The molecule has 3 aliphatic heterocycles. The van der Waals surface area contributed by atoms with Crippen LogP contribution in [0.25, 0.3) is 10.8 Å². The van der Waals surface area contributed by atoms with Crippen molar-refractivity contribution < 1.29 is 24.2 Å². The van der Waals surface area contributed by atoms with Crippen LogP contribution in [-0.2, 0) is 25.7 Å². The fourth-order valence-corrected chi connectivity index (χ4v) is 8.62. The van der Waals surface area contributed by atoms with Crippen LogP contribution in [-0.4, -0.2) is 75.6 Å². The van der Waals surface area contributed by atoms with Crippen LogP contribution in [0.15, 0.2) is 98.1 Å². The number of nitrogens with zero attached hydrogens (tertiary/aromatic N) is 3. The first kappa shape index (κ1) is 33.6. The molecule has 48 heavy (non-hydrogen) atoms. The smallest absolute Gasteiger partial charge is 0.253 e. The van der Waals surface area contributed by atoms with Gasteiger partial charge in [0.2, 0.25) is 11.8 Å². The van der Waals surface area contributed by atoms with Gasteiger partial charge in [-0.25, -0.2) is 0 Å². The zero-order valence-electron chi connectivity index (χ0n) is 28.3. The van der Waals surface area contributed by atoms with E-state index in [0.29, 0.717) is 38.0 Å². The van der Waals surface area contributed by atoms with Crippen molar-refractivity contribution in [3.63, 3.8) is 0 Å². The molecular formula is C40H47N3O5. The molecule has 3 aromatic carbocycles. The Morgan fingerprint density at radius 1 is 0.979 bits per heavy atom. The summed E-state index contributed by atoms with van der Waals surface area (Å²) < 4.78 is 7.09. The molecule has 6 rings (SSSR count). The van der Waals surface area contributed by atoms with Crippen molar-refractivity contribution in [2.24, 2.45) is 17.8 Å². The average molecular weight is 650 g/mol. The van der Waals surface area contributed by atoms with Gasteiger partial charge in [0.15, 0.2) is 0 Å². The van der Waals surface area contributed by atoms with Gasteiger partial charge in [0.25, 0.3) is 5.91 Å². The topological polar surface area (TPSA) is 90.4 Å². The van der Waals surface area contributed by atoms with Gasteiger partial charge in [-0.15, -0.1) is 13.2 Å². The number of hydrogen-bond donors (Lipinski definition) is 1. The molecule has 0 saturated carbocycles. The van der Waals surface area contributed by atoms with Gasteiger partial charge < -0.3 is 24.5 Å². The van der Waals surface area contributed by atoms with E-state index in [9.17, 15) is 14.7 Å². The molecular weight excluding hydrogens is 602 g/mol. The van der Waals surface area contributed by atoms with Crippen LogP contribution in [0.3, 0.4) is 0 Å². The van der Waals surface area contributed by atoms with Crippen molar-refractivity contribution in [3.05, 3.63) is 104 Å². The van der Waals surface area contributed by atoms with Gasteiger partial charge in [0.1, 0.15) is 11.6 Å². The first-order valence-corrected chi connectivity index (χ1v) is 17.1. The molecule has 3 heterocycles. The van der Waals surface area contributed by atoms with E-state index in [0.717, 1.165) is 16.3 Å². The quantitative estimate of drug-likeness (QED) is 0.239. The highest BCUT2D eigenvalue weighted by Crippen LogP contribution is 2.65. The van der Waals surface area contributed by atoms with Gasteiger partial charge in [-0.3, -0.25) is 14.4 Å². The minimum Gasteiger partial charge on any atom is -0.394 e. The van der Waals surface area contributed by atoms with E-state index in [1.807, 2.05) is 93.6 Å². The number of carbonyl (C=O) groups excluding carboxylic acids is 3. The number of rotatable bonds is 13. The minimum atomic E-state index is -1.23. The summed E-state index contributed by atoms with van der Waals surface area (Å²) in [6.45, 7) is 14.3. The number of likely N-dealkylation sites (tertiary alicyclic amines) is 1. The molecule has 2 bridgehead atoms. The van der Waals surface area contributed by atoms with Crippen LogP contribution < -0.4 is 4.90 Å². The van der Waals surface area contributed by atoms with E-state index >= 15 is 4.79 Å². The highest BCUT2D eigenvalue weighted by atomic mass is 16.5. The minimum absolute atomic E-state index is 0.153. The molecule has 1 spiro atoms. The summed E-state index contributed by atoms with van der Waals surface area (Å²) >= 11 is 0. The SMILES string of the molecule is C=CCN(Cc1ccccc1)C(=O)[C@@H]1[C@H]2C(=O)N([C@@H](CO)C(C)C)C(C(=O)N(CC=C)c3ccc4ccccc4c3)C23CC[C@@]1(CC)O3. The highest BCUT2D eigenvalue weighted by Gasteiger charge is 2.79. The number of benzene rings is 3. The lowest BCUT2D eigenvalue weighted by Gasteiger charge is -2.40. The molecule has 3 saturated heterocycles. The standard InChI is InChI=1S/C40H47N3O5/c1-6-22-41(25-28-14-10-9-11-15-28)36(45)33-34-37(46)43(32(26-44)27(4)5)35(40(34)21-20-39(33,8-3)48-40)38(47)42(23-7-2)31-19-18-29-16-12-13-17-30(29)24-31/h6-7,9-19,24,27,32-35,44H,1-2,8,20-23,25-26H2,3-5H3/t32-,33-,34-,35?,39+,40?/m0/s1. The molecule has 0 aromatic heterocycles. The van der Waals surface area contributed by atoms with Crippen molar-refractivity contribution in [1.82, 2.24) is 9.80 Å². The third kappa shape index (κ3) is 5.35. The first-order chi connectivity index (χ1) is 23.2. The van der Waals surface area contributed by atoms with Crippen LogP contribution in [0, 0.1) is 17.8 Å². The highest BCUT2D eigenvalue weighted by molar-refractivity contribution is 6.06. The van der Waals surface area contributed by atoms with Crippen LogP contribution in [0.2, 0.25) is 0 Å². The van der Waals surface area contributed by atoms with Crippen molar-refractivity contribution in [2.45, 2.75) is 69.9 Å². The number of fused-ring (bicyclic) bond motifs is 2. The predicted octanol–water partition coefficient (Wildman–Crippen LogP) is 5.75. The summed E-state index contributed by atoms with van der Waals surface area (Å²) in [6.07, 6.45) is 4.92. The Labute approximate surface area is 283 Å². The second-order valence-corrected chi connectivity index (χ2v) is 13.8. The lowest BCUT2D eigenvalue weighted by Crippen LogP contribution is -2.60. The third-order valence-electron chi connectivity index (χ3n) is 10.9. The number of hydrogen-bond acceptors (Lipinski definition) is 5. The van der Waals surface area contributed by atoms with Crippen molar-refractivity contribution >= 4 is 34.2 Å². The maximum absolute atomic E-state index is 15.2. The number of carbonyl (C=O) groups is 3. The number of ether oxygens (including phenoxy) is 1. The van der Waals surface area contributed by atoms with Crippen molar-refractivity contribution in [3.8, 4) is 0 Å². The van der Waals surface area contributed by atoms with E-state index in [4.69, 9.17) is 4.74 Å². The summed E-state index contributed by atoms with van der Waals surface area (Å²) in [4.78, 5) is 49.9. The maximum Gasteiger partial charge on any atom is 0.253 e. The molecule has 2 unspecified atom stereocenters. The summed E-state index contributed by atoms with van der Waals surface area (Å²) in [5.41, 5.74) is -0.464. The van der Waals surface area contributed by atoms with E-state index in [2.05, 4.69) is 13.2 Å². The second kappa shape index (κ2) is 13.3. The molecule has 8 nitrogen and oxygen atoms in total. The van der Waals surface area contributed by atoms with Gasteiger partial charge in [-0.05, 0) is 53.6 Å². The first-order valence-electron chi connectivity index (χ1n) is 17.1. The van der Waals surface area contributed by atoms with Gasteiger partial charge in [0.05, 0.1) is 30.1 Å². The zero-order chi connectivity index (χ0) is 34.2. The number of amides is 3. The molecule has 8 heteroatoms. The Kier molecular flexibility index (Phi) is 9.33. The fourth-order valence-electron chi connectivity index (χ4n) is 8.62. The molecule has 1 N–H and O–H groups in total. The van der Waals surface area contributed by atoms with Crippen molar-refractivity contribution in [1.29, 1.82) is 0 Å². The molecule has 0 aliphatic carbocycles. The fraction of sp³-hybridized carbons (Fsp3) is 0.425. The Balaban J connectivity index is 1.46. The largest absolute Gasteiger partial charge is 0.394 e. The summed E-state index contributed by atoms with van der Waals surface area (Å²) in [7, 11) is 0. The molecule has 3 aromatic rings. The van der Waals surface area contributed by atoms with Crippen molar-refractivity contribution in [2.75, 3.05) is 24.6 Å². The molecule has 6 atom stereocenters. The molecule has 0 radical (unpaired) electrons. The summed E-state index contributed by atoms with van der Waals surface area (Å²) in [6, 6.07) is 21.9. The average Bonchev–Trinajstić information content (AvgIpc) is 3.70. The van der Waals surface area contributed by atoms with Crippen LogP contribution in [0.4, 0.5) is 5.69 Å². The number of anilines is 1. The lowest BCUT2D eigenvalue weighted by molar-refractivity contribution is -0.154. The molecule has 252 valence electrons. The molecule has 3 amide bonds. The molecule has 3 fully saturated rings. The maximum atomic E-state index is 15.2. The van der Waals surface area contributed by atoms with E-state index in [1.54, 1.807) is 26.9 Å². The van der Waals surface area contributed by atoms with Crippen LogP contribution >= 0.6 is 0 Å². The van der Waals surface area contributed by atoms with E-state index in [1.165, 1.54) is 0 Å². The van der Waals surface area contributed by atoms with E-state index < -0.39 is 35.1 Å². The summed E-state index contributed by atoms with van der Waals surface area (Å²) in [5, 5.41) is 12.7. The lowest BCUT2D eigenvalue weighted by atomic mass is 9.64. The van der Waals surface area contributed by atoms with Gasteiger partial charge in [0, 0.05) is 25.3 Å². The predicted molar refractivity (Wildman–Crippen MR) is 188 cm³/mol. The van der Waals surface area contributed by atoms with Gasteiger partial charge in [-0.1, -0.05) is 93.6 Å². The molecule has 3 aliphatic rings. The summed E-state index contributed by atoms with van der Waals surface area (Å²) in [5.74, 6) is -2.58. The normalized spacial score (nSPS) is 26.5. The monoisotopic (exact) mass is 649 g/mol. The Morgan fingerprint density at radius 3 is 2.31 bits per heavy atom. The number of aliphatic hydroxyl groups is 1.